The minimum Gasteiger partial charge on any atom is -0.497 e. The lowest BCUT2D eigenvalue weighted by Crippen LogP contribution is -2.43. The van der Waals surface area contributed by atoms with Crippen molar-refractivity contribution in [3.05, 3.63) is 69.4 Å². The van der Waals surface area contributed by atoms with Gasteiger partial charge in [-0.1, -0.05) is 19.4 Å². The minimum absolute atomic E-state index is 0.0192. The van der Waals surface area contributed by atoms with Crippen molar-refractivity contribution < 1.29 is 28.5 Å². The van der Waals surface area contributed by atoms with Crippen LogP contribution in [0.3, 0.4) is 0 Å². The summed E-state index contributed by atoms with van der Waals surface area (Å²) in [5, 5.41) is 0. The van der Waals surface area contributed by atoms with Crippen molar-refractivity contribution in [3.8, 4) is 23.0 Å². The maximum Gasteiger partial charge on any atom is 0.254 e. The van der Waals surface area contributed by atoms with Crippen LogP contribution in [0, 0.1) is 6.92 Å². The molecular formula is C31H40N2O6S. The van der Waals surface area contributed by atoms with Crippen molar-refractivity contribution in [2.45, 2.75) is 39.7 Å². The number of methoxy groups -OCH3 is 4. The van der Waals surface area contributed by atoms with Gasteiger partial charge in [0.05, 0.1) is 35.0 Å². The van der Waals surface area contributed by atoms with Gasteiger partial charge in [-0.25, -0.2) is 0 Å². The van der Waals surface area contributed by atoms with Crippen molar-refractivity contribution in [1.29, 1.82) is 0 Å². The Morgan fingerprint density at radius 3 is 2.08 bits per heavy atom. The van der Waals surface area contributed by atoms with E-state index in [-0.39, 0.29) is 18.4 Å². The Morgan fingerprint density at radius 2 is 1.50 bits per heavy atom. The third kappa shape index (κ3) is 8.39. The van der Waals surface area contributed by atoms with Crippen molar-refractivity contribution >= 4 is 23.2 Å². The highest BCUT2D eigenvalue weighted by atomic mass is 32.1. The first kappa shape index (κ1) is 30.8. The number of aryl methyl sites for hydroxylation is 1. The molecule has 0 saturated carbocycles. The molecule has 3 rings (SSSR count). The number of unbranched alkanes of at least 4 members (excludes halogenated alkanes) is 1. The first-order valence-corrected chi connectivity index (χ1v) is 14.2. The predicted octanol–water partition coefficient (Wildman–Crippen LogP) is 5.60. The zero-order valence-corrected chi connectivity index (χ0v) is 25.1. The molecule has 0 N–H and O–H groups in total. The number of carbonyl (C=O) groups is 2. The lowest BCUT2D eigenvalue weighted by molar-refractivity contribution is -0.132. The van der Waals surface area contributed by atoms with Crippen LogP contribution in [0.4, 0.5) is 0 Å². The standard InChI is InChI=1S/C31H40N2O6S/c1-7-8-14-33(31(35)24-17-25(36-3)19-26(18-24)37-4)21-30(34)32(20-27-11-9-22(2)40-27)15-13-23-10-12-28(38-5)29(16-23)39-6/h9-12,16-19H,7-8,13-15,20-21H2,1-6H3. The van der Waals surface area contributed by atoms with Crippen LogP contribution in [0.5, 0.6) is 23.0 Å². The third-order valence-corrected chi connectivity index (χ3v) is 7.59. The van der Waals surface area contributed by atoms with E-state index in [1.165, 1.54) is 4.88 Å². The lowest BCUT2D eigenvalue weighted by Gasteiger charge is -2.28. The highest BCUT2D eigenvalue weighted by Gasteiger charge is 2.24. The molecule has 8 nitrogen and oxygen atoms in total. The van der Waals surface area contributed by atoms with Gasteiger partial charge in [-0.15, -0.1) is 11.3 Å². The number of ether oxygens (including phenoxy) is 4. The van der Waals surface area contributed by atoms with Crippen LogP contribution in [0.2, 0.25) is 0 Å². The van der Waals surface area contributed by atoms with Crippen molar-refractivity contribution in [1.82, 2.24) is 9.80 Å². The van der Waals surface area contributed by atoms with Crippen LogP contribution < -0.4 is 18.9 Å². The van der Waals surface area contributed by atoms with E-state index in [1.807, 2.05) is 23.1 Å². The van der Waals surface area contributed by atoms with E-state index in [9.17, 15) is 9.59 Å². The SMILES string of the molecule is CCCCN(CC(=O)N(CCc1ccc(OC)c(OC)c1)Cc1ccc(C)s1)C(=O)c1cc(OC)cc(OC)c1. The molecule has 0 fully saturated rings. The average molecular weight is 569 g/mol. The Bertz CT molecular complexity index is 1250. The largest absolute Gasteiger partial charge is 0.497 e. The second-order valence-corrected chi connectivity index (χ2v) is 10.8. The summed E-state index contributed by atoms with van der Waals surface area (Å²) in [6.45, 7) is 5.55. The van der Waals surface area contributed by atoms with Gasteiger partial charge in [-0.2, -0.15) is 0 Å². The van der Waals surface area contributed by atoms with Gasteiger partial charge in [0.25, 0.3) is 5.91 Å². The molecule has 0 unspecified atom stereocenters. The molecule has 40 heavy (non-hydrogen) atoms. The number of rotatable bonds is 15. The van der Waals surface area contributed by atoms with Crippen LogP contribution in [0.15, 0.2) is 48.5 Å². The first-order valence-electron chi connectivity index (χ1n) is 13.4. The maximum absolute atomic E-state index is 13.8. The zero-order chi connectivity index (χ0) is 29.1. The van der Waals surface area contributed by atoms with Crippen molar-refractivity contribution in [2.24, 2.45) is 0 Å². The van der Waals surface area contributed by atoms with Crippen LogP contribution in [0.25, 0.3) is 0 Å². The molecule has 0 bridgehead atoms. The fourth-order valence-corrected chi connectivity index (χ4v) is 5.23. The van der Waals surface area contributed by atoms with Gasteiger partial charge >= 0.3 is 0 Å². The van der Waals surface area contributed by atoms with Gasteiger partial charge in [0, 0.05) is 34.5 Å². The molecule has 9 heteroatoms. The third-order valence-electron chi connectivity index (χ3n) is 6.61. The molecule has 1 aromatic heterocycles. The van der Waals surface area contributed by atoms with Gasteiger partial charge in [0.2, 0.25) is 5.91 Å². The molecule has 216 valence electrons. The van der Waals surface area contributed by atoms with Crippen LogP contribution in [-0.2, 0) is 17.8 Å². The fraction of sp³-hybridized carbons (Fsp3) is 0.419. The van der Waals surface area contributed by atoms with Crippen molar-refractivity contribution in [2.75, 3.05) is 48.1 Å². The fourth-order valence-electron chi connectivity index (χ4n) is 4.33. The van der Waals surface area contributed by atoms with E-state index in [0.717, 1.165) is 23.3 Å². The molecule has 0 saturated heterocycles. The molecule has 0 aliphatic carbocycles. The number of thiophene rings is 1. The second-order valence-electron chi connectivity index (χ2n) is 9.45. The van der Waals surface area contributed by atoms with Gasteiger partial charge in [0.15, 0.2) is 11.5 Å². The summed E-state index contributed by atoms with van der Waals surface area (Å²) in [6.07, 6.45) is 2.32. The number of hydrogen-bond acceptors (Lipinski definition) is 7. The van der Waals surface area contributed by atoms with E-state index in [2.05, 4.69) is 26.0 Å². The molecule has 1 heterocycles. The first-order chi connectivity index (χ1) is 19.3. The summed E-state index contributed by atoms with van der Waals surface area (Å²) < 4.78 is 21.5. The van der Waals surface area contributed by atoms with Gasteiger partial charge in [-0.3, -0.25) is 9.59 Å². The summed E-state index contributed by atoms with van der Waals surface area (Å²) in [4.78, 5) is 33.2. The maximum atomic E-state index is 13.8. The predicted molar refractivity (Wildman–Crippen MR) is 158 cm³/mol. The average Bonchev–Trinajstić information content (AvgIpc) is 3.40. The zero-order valence-electron chi connectivity index (χ0n) is 24.3. The van der Waals surface area contributed by atoms with E-state index in [4.69, 9.17) is 18.9 Å². The number of carbonyl (C=O) groups excluding carboxylic acids is 2. The normalized spacial score (nSPS) is 10.7. The van der Waals surface area contributed by atoms with E-state index < -0.39 is 0 Å². The molecule has 0 atom stereocenters. The summed E-state index contributed by atoms with van der Waals surface area (Å²) in [6, 6.07) is 15.0. The lowest BCUT2D eigenvalue weighted by atomic mass is 10.1. The Labute approximate surface area is 241 Å². The topological polar surface area (TPSA) is 77.5 Å². The van der Waals surface area contributed by atoms with E-state index >= 15 is 0 Å². The van der Waals surface area contributed by atoms with Crippen LogP contribution >= 0.6 is 11.3 Å². The van der Waals surface area contributed by atoms with E-state index in [0.29, 0.717) is 54.6 Å². The Balaban J connectivity index is 1.83. The molecule has 2 aromatic carbocycles. The highest BCUT2D eigenvalue weighted by molar-refractivity contribution is 7.11. The Kier molecular flexibility index (Phi) is 11.7. The Hall–Kier alpha value is -3.72. The smallest absolute Gasteiger partial charge is 0.254 e. The number of benzene rings is 2. The number of nitrogens with zero attached hydrogens (tertiary/aromatic N) is 2. The van der Waals surface area contributed by atoms with E-state index in [1.54, 1.807) is 62.9 Å². The molecule has 0 aliphatic heterocycles. The minimum atomic E-state index is -0.231. The summed E-state index contributed by atoms with van der Waals surface area (Å²) >= 11 is 1.67. The second kappa shape index (κ2) is 15.2. The molecule has 3 aromatic rings. The summed E-state index contributed by atoms with van der Waals surface area (Å²) in [5.41, 5.74) is 1.45. The quantitative estimate of drug-likeness (QED) is 0.237. The summed E-state index contributed by atoms with van der Waals surface area (Å²) in [7, 11) is 6.30. The van der Waals surface area contributed by atoms with Crippen LogP contribution in [-0.4, -0.2) is 69.7 Å². The molecular weight excluding hydrogens is 528 g/mol. The Morgan fingerprint density at radius 1 is 0.800 bits per heavy atom. The monoisotopic (exact) mass is 568 g/mol. The number of amides is 2. The van der Waals surface area contributed by atoms with Crippen LogP contribution in [0.1, 0.15) is 45.4 Å². The van der Waals surface area contributed by atoms with Gasteiger partial charge in [-0.05, 0) is 61.7 Å². The van der Waals surface area contributed by atoms with Gasteiger partial charge < -0.3 is 28.7 Å². The molecule has 2 amide bonds. The van der Waals surface area contributed by atoms with Gasteiger partial charge in [0.1, 0.15) is 18.0 Å². The van der Waals surface area contributed by atoms with Crippen molar-refractivity contribution in [3.63, 3.8) is 0 Å². The molecule has 0 spiro atoms. The number of hydrogen-bond donors (Lipinski definition) is 0. The molecule has 0 aliphatic rings. The summed E-state index contributed by atoms with van der Waals surface area (Å²) in [5.74, 6) is 2.02. The highest BCUT2D eigenvalue weighted by Crippen LogP contribution is 2.28. The molecule has 0 radical (unpaired) electrons.